The standard InChI is InChI=1S/C14H17F2NO2/c1-3-19-13(18)11-7-17-8-14(11,2)10-5-4-9(15)6-12(10)16/h4-6,11,17H,3,7-8H2,1-2H3. The highest BCUT2D eigenvalue weighted by atomic mass is 19.1. The SMILES string of the molecule is CCOC(=O)C1CNCC1(C)c1ccc(F)cc1F. The Labute approximate surface area is 111 Å². The molecule has 1 aliphatic rings. The van der Waals surface area contributed by atoms with Crippen molar-refractivity contribution in [3.63, 3.8) is 0 Å². The maximum Gasteiger partial charge on any atom is 0.311 e. The van der Waals surface area contributed by atoms with E-state index >= 15 is 0 Å². The van der Waals surface area contributed by atoms with Gasteiger partial charge >= 0.3 is 5.97 Å². The highest BCUT2D eigenvalue weighted by Gasteiger charge is 2.46. The molecule has 1 fully saturated rings. The molecule has 5 heteroatoms. The fourth-order valence-corrected chi connectivity index (χ4v) is 2.65. The normalized spacial score (nSPS) is 26.4. The predicted octanol–water partition coefficient (Wildman–Crippen LogP) is 2.00. The second-order valence-electron chi connectivity index (χ2n) is 4.98. The molecule has 0 radical (unpaired) electrons. The van der Waals surface area contributed by atoms with E-state index in [-0.39, 0.29) is 12.6 Å². The number of hydrogen-bond acceptors (Lipinski definition) is 3. The average molecular weight is 269 g/mol. The van der Waals surface area contributed by atoms with E-state index in [0.717, 1.165) is 6.07 Å². The van der Waals surface area contributed by atoms with E-state index in [1.54, 1.807) is 13.8 Å². The Bertz CT molecular complexity index is 492. The van der Waals surface area contributed by atoms with Crippen molar-refractivity contribution in [1.29, 1.82) is 0 Å². The first-order valence-electron chi connectivity index (χ1n) is 6.32. The van der Waals surface area contributed by atoms with E-state index < -0.39 is 23.0 Å². The van der Waals surface area contributed by atoms with Crippen LogP contribution in [0.4, 0.5) is 8.78 Å². The molecule has 19 heavy (non-hydrogen) atoms. The number of benzene rings is 1. The van der Waals surface area contributed by atoms with Crippen molar-refractivity contribution in [2.75, 3.05) is 19.7 Å². The largest absolute Gasteiger partial charge is 0.466 e. The molecule has 104 valence electrons. The van der Waals surface area contributed by atoms with Crippen molar-refractivity contribution in [2.45, 2.75) is 19.3 Å². The van der Waals surface area contributed by atoms with Gasteiger partial charge in [0.15, 0.2) is 0 Å². The first-order valence-corrected chi connectivity index (χ1v) is 6.32. The number of hydrogen-bond donors (Lipinski definition) is 1. The summed E-state index contributed by atoms with van der Waals surface area (Å²) in [5.74, 6) is -2.06. The summed E-state index contributed by atoms with van der Waals surface area (Å²) < 4.78 is 32.0. The molecular formula is C14H17F2NO2. The summed E-state index contributed by atoms with van der Waals surface area (Å²) >= 11 is 0. The summed E-state index contributed by atoms with van der Waals surface area (Å²) in [7, 11) is 0. The minimum atomic E-state index is -0.718. The van der Waals surface area contributed by atoms with Crippen molar-refractivity contribution >= 4 is 5.97 Å². The average Bonchev–Trinajstić information content (AvgIpc) is 2.72. The zero-order valence-electron chi connectivity index (χ0n) is 11.0. The van der Waals surface area contributed by atoms with Crippen LogP contribution in [0.3, 0.4) is 0 Å². The molecule has 1 aromatic rings. The van der Waals surface area contributed by atoms with Gasteiger partial charge in [0, 0.05) is 24.6 Å². The molecule has 2 unspecified atom stereocenters. The Morgan fingerprint density at radius 3 is 2.89 bits per heavy atom. The minimum absolute atomic E-state index is 0.289. The third kappa shape index (κ3) is 2.47. The monoisotopic (exact) mass is 269 g/mol. The molecule has 1 saturated heterocycles. The Balaban J connectivity index is 2.37. The number of ether oxygens (including phenoxy) is 1. The number of carbonyl (C=O) groups is 1. The maximum atomic E-state index is 14.0. The van der Waals surface area contributed by atoms with Crippen LogP contribution in [-0.2, 0) is 14.9 Å². The molecule has 0 bridgehead atoms. The molecule has 0 aliphatic carbocycles. The lowest BCUT2D eigenvalue weighted by atomic mass is 9.74. The first-order chi connectivity index (χ1) is 8.99. The van der Waals surface area contributed by atoms with Crippen LogP contribution < -0.4 is 5.32 Å². The van der Waals surface area contributed by atoms with Crippen molar-refractivity contribution in [2.24, 2.45) is 5.92 Å². The lowest BCUT2D eigenvalue weighted by Gasteiger charge is -2.30. The van der Waals surface area contributed by atoms with Gasteiger partial charge in [-0.15, -0.1) is 0 Å². The Morgan fingerprint density at radius 2 is 2.26 bits per heavy atom. The second-order valence-corrected chi connectivity index (χ2v) is 4.98. The number of rotatable bonds is 3. The molecule has 2 atom stereocenters. The summed E-state index contributed by atoms with van der Waals surface area (Å²) in [6.07, 6.45) is 0. The van der Waals surface area contributed by atoms with Crippen LogP contribution in [0.2, 0.25) is 0 Å². The van der Waals surface area contributed by atoms with Crippen molar-refractivity contribution < 1.29 is 18.3 Å². The molecule has 2 rings (SSSR count). The molecule has 3 nitrogen and oxygen atoms in total. The first kappa shape index (κ1) is 13.9. The summed E-state index contributed by atoms with van der Waals surface area (Å²) in [6, 6.07) is 3.47. The fourth-order valence-electron chi connectivity index (χ4n) is 2.65. The van der Waals surface area contributed by atoms with Crippen LogP contribution in [-0.4, -0.2) is 25.7 Å². The van der Waals surface area contributed by atoms with E-state index in [0.29, 0.717) is 18.7 Å². The molecular weight excluding hydrogens is 252 g/mol. The summed E-state index contributed by atoms with van der Waals surface area (Å²) in [5.41, 5.74) is -0.374. The smallest absolute Gasteiger partial charge is 0.311 e. The Hall–Kier alpha value is -1.49. The number of halogens is 2. The molecule has 1 heterocycles. The van der Waals surface area contributed by atoms with Gasteiger partial charge in [-0.25, -0.2) is 8.78 Å². The number of carbonyl (C=O) groups excluding carboxylic acids is 1. The van der Waals surface area contributed by atoms with Crippen LogP contribution in [0.25, 0.3) is 0 Å². The summed E-state index contributed by atoms with van der Waals surface area (Å²) in [4.78, 5) is 12.0. The van der Waals surface area contributed by atoms with E-state index in [1.807, 2.05) is 0 Å². The van der Waals surface area contributed by atoms with Gasteiger partial charge in [-0.05, 0) is 18.6 Å². The van der Waals surface area contributed by atoms with Crippen LogP contribution in [0.5, 0.6) is 0 Å². The Kier molecular flexibility index (Phi) is 3.85. The molecule has 0 aromatic heterocycles. The summed E-state index contributed by atoms with van der Waals surface area (Å²) in [5, 5.41) is 3.08. The molecule has 1 aromatic carbocycles. The van der Waals surface area contributed by atoms with Gasteiger partial charge in [0.2, 0.25) is 0 Å². The summed E-state index contributed by atoms with van der Waals surface area (Å²) in [6.45, 7) is 4.71. The van der Waals surface area contributed by atoms with E-state index in [4.69, 9.17) is 4.74 Å². The van der Waals surface area contributed by atoms with Gasteiger partial charge in [0.1, 0.15) is 11.6 Å². The number of esters is 1. The lowest BCUT2D eigenvalue weighted by Crippen LogP contribution is -2.38. The molecule has 0 amide bonds. The quantitative estimate of drug-likeness (QED) is 0.853. The minimum Gasteiger partial charge on any atom is -0.466 e. The van der Waals surface area contributed by atoms with Gasteiger partial charge in [0.25, 0.3) is 0 Å². The van der Waals surface area contributed by atoms with Gasteiger partial charge in [-0.3, -0.25) is 4.79 Å². The molecule has 1 aliphatic heterocycles. The zero-order chi connectivity index (χ0) is 14.0. The third-order valence-corrected chi connectivity index (χ3v) is 3.73. The van der Waals surface area contributed by atoms with Gasteiger partial charge in [-0.2, -0.15) is 0 Å². The highest BCUT2D eigenvalue weighted by molar-refractivity contribution is 5.75. The zero-order valence-corrected chi connectivity index (χ0v) is 11.0. The second kappa shape index (κ2) is 5.25. The molecule has 1 N–H and O–H groups in total. The maximum absolute atomic E-state index is 14.0. The van der Waals surface area contributed by atoms with E-state index in [1.165, 1.54) is 12.1 Å². The molecule has 0 spiro atoms. The van der Waals surface area contributed by atoms with Crippen molar-refractivity contribution in [3.8, 4) is 0 Å². The van der Waals surface area contributed by atoms with E-state index in [2.05, 4.69) is 5.32 Å². The van der Waals surface area contributed by atoms with Crippen LogP contribution >= 0.6 is 0 Å². The number of nitrogens with one attached hydrogen (secondary N) is 1. The van der Waals surface area contributed by atoms with Crippen LogP contribution in [0, 0.1) is 17.6 Å². The van der Waals surface area contributed by atoms with Gasteiger partial charge < -0.3 is 10.1 Å². The van der Waals surface area contributed by atoms with Crippen LogP contribution in [0.1, 0.15) is 19.4 Å². The van der Waals surface area contributed by atoms with E-state index in [9.17, 15) is 13.6 Å². The van der Waals surface area contributed by atoms with Crippen LogP contribution in [0.15, 0.2) is 18.2 Å². The van der Waals surface area contributed by atoms with Crippen molar-refractivity contribution in [1.82, 2.24) is 5.32 Å². The topological polar surface area (TPSA) is 38.3 Å². The Morgan fingerprint density at radius 1 is 1.53 bits per heavy atom. The third-order valence-electron chi connectivity index (χ3n) is 3.73. The molecule has 0 saturated carbocycles. The van der Waals surface area contributed by atoms with Gasteiger partial charge in [-0.1, -0.05) is 13.0 Å². The van der Waals surface area contributed by atoms with Gasteiger partial charge in [0.05, 0.1) is 12.5 Å². The highest BCUT2D eigenvalue weighted by Crippen LogP contribution is 2.37. The predicted molar refractivity (Wildman–Crippen MR) is 66.7 cm³/mol. The lowest BCUT2D eigenvalue weighted by molar-refractivity contribution is -0.149. The fraction of sp³-hybridized carbons (Fsp3) is 0.500. The van der Waals surface area contributed by atoms with Crippen molar-refractivity contribution in [3.05, 3.63) is 35.4 Å².